The van der Waals surface area contributed by atoms with Crippen molar-refractivity contribution in [2.24, 2.45) is 0 Å². The Kier molecular flexibility index (Phi) is 2.81. The van der Waals surface area contributed by atoms with Gasteiger partial charge >= 0.3 is 0 Å². The number of aliphatic hydroxyl groups is 2. The summed E-state index contributed by atoms with van der Waals surface area (Å²) in [5, 5.41) is 18.4. The van der Waals surface area contributed by atoms with Gasteiger partial charge in [0.15, 0.2) is 0 Å². The van der Waals surface area contributed by atoms with E-state index in [2.05, 4.69) is 0 Å². The zero-order chi connectivity index (χ0) is 8.43. The Hall–Kier alpha value is -0.190. The molecule has 1 aliphatic rings. The molecule has 1 aliphatic heterocycles. The fourth-order valence-corrected chi connectivity index (χ4v) is 1.59. The molecule has 0 radical (unpaired) electrons. The van der Waals surface area contributed by atoms with Gasteiger partial charge in [-0.1, -0.05) is 0 Å². The molecule has 0 saturated carbocycles. The Balaban J connectivity index is 2.53. The Bertz CT molecular complexity index is 124. The van der Waals surface area contributed by atoms with E-state index >= 15 is 0 Å². The lowest BCUT2D eigenvalue weighted by Crippen LogP contribution is -2.43. The first-order valence-corrected chi connectivity index (χ1v) is 3.79. The minimum atomic E-state index is -1.04. The molecule has 1 saturated heterocycles. The third-order valence-electron chi connectivity index (χ3n) is 2.23. The molecule has 2 N–H and O–H groups in total. The van der Waals surface area contributed by atoms with Crippen LogP contribution in [0.3, 0.4) is 0 Å². The van der Waals surface area contributed by atoms with Gasteiger partial charge in [0.05, 0.1) is 12.1 Å². The van der Waals surface area contributed by atoms with Gasteiger partial charge in [0.25, 0.3) is 0 Å². The molecule has 11 heavy (non-hydrogen) atoms. The number of alkyl halides is 1. The highest BCUT2D eigenvalue weighted by molar-refractivity contribution is 4.89. The third kappa shape index (κ3) is 1.69. The summed E-state index contributed by atoms with van der Waals surface area (Å²) in [6, 6.07) is -0.417. The number of likely N-dealkylation sites (N-methyl/N-ethyl adjacent to an activating group) is 1. The summed E-state index contributed by atoms with van der Waals surface area (Å²) in [7, 11) is 1.78. The van der Waals surface area contributed by atoms with Crippen LogP contribution >= 0.6 is 0 Å². The maximum absolute atomic E-state index is 12.0. The summed E-state index contributed by atoms with van der Waals surface area (Å²) in [5.74, 6) is 0. The minimum absolute atomic E-state index is 0.417. The van der Waals surface area contributed by atoms with Gasteiger partial charge < -0.3 is 10.2 Å². The van der Waals surface area contributed by atoms with Crippen molar-refractivity contribution in [3.8, 4) is 0 Å². The Morgan fingerprint density at radius 2 is 2.36 bits per heavy atom. The van der Waals surface area contributed by atoms with Crippen LogP contribution in [0, 0.1) is 0 Å². The van der Waals surface area contributed by atoms with E-state index in [9.17, 15) is 9.50 Å². The first-order valence-electron chi connectivity index (χ1n) is 3.79. The lowest BCUT2D eigenvalue weighted by molar-refractivity contribution is 0.0110. The molecular formula is C7H14FNO2. The topological polar surface area (TPSA) is 43.7 Å². The van der Waals surface area contributed by atoms with Crippen molar-refractivity contribution in [2.75, 3.05) is 20.3 Å². The van der Waals surface area contributed by atoms with Crippen molar-refractivity contribution in [2.45, 2.75) is 24.7 Å². The van der Waals surface area contributed by atoms with Gasteiger partial charge in [0, 0.05) is 6.54 Å². The van der Waals surface area contributed by atoms with Gasteiger partial charge in [0.1, 0.15) is 12.8 Å². The summed E-state index contributed by atoms with van der Waals surface area (Å²) in [4.78, 5) is 1.79. The zero-order valence-corrected chi connectivity index (χ0v) is 6.57. The highest BCUT2D eigenvalue weighted by Crippen LogP contribution is 2.18. The highest BCUT2D eigenvalue weighted by Gasteiger charge is 2.35. The molecule has 0 bridgehead atoms. The van der Waals surface area contributed by atoms with Crippen molar-refractivity contribution in [1.29, 1.82) is 0 Å². The first-order chi connectivity index (χ1) is 5.16. The van der Waals surface area contributed by atoms with Gasteiger partial charge in [-0.05, 0) is 13.5 Å². The van der Waals surface area contributed by atoms with Crippen LogP contribution in [-0.2, 0) is 0 Å². The molecule has 4 heteroatoms. The Labute approximate surface area is 65.4 Å². The second kappa shape index (κ2) is 3.47. The second-order valence-corrected chi connectivity index (χ2v) is 3.05. The zero-order valence-electron chi connectivity index (χ0n) is 6.57. The van der Waals surface area contributed by atoms with Crippen LogP contribution in [0.5, 0.6) is 0 Å². The largest absolute Gasteiger partial charge is 0.391 e. The number of aliphatic hydroxyl groups excluding tert-OH is 2. The number of halogens is 1. The second-order valence-electron chi connectivity index (χ2n) is 3.05. The smallest absolute Gasteiger partial charge is 0.117 e. The maximum Gasteiger partial charge on any atom is 0.117 e. The van der Waals surface area contributed by atoms with Crippen LogP contribution in [0.25, 0.3) is 0 Å². The minimum Gasteiger partial charge on any atom is -0.391 e. The quantitative estimate of drug-likeness (QED) is 0.570. The summed E-state index contributed by atoms with van der Waals surface area (Å²) in [5.41, 5.74) is 0. The molecule has 1 fully saturated rings. The lowest BCUT2D eigenvalue weighted by atomic mass is 10.1. The summed E-state index contributed by atoms with van der Waals surface area (Å²) < 4.78 is 12.0. The Morgan fingerprint density at radius 3 is 2.73 bits per heavy atom. The fraction of sp³-hybridized carbons (Fsp3) is 1.00. The maximum atomic E-state index is 12.0. The van der Waals surface area contributed by atoms with Crippen LogP contribution in [0.2, 0.25) is 0 Å². The number of hydrogen-bond donors (Lipinski definition) is 2. The van der Waals surface area contributed by atoms with Crippen molar-refractivity contribution in [3.63, 3.8) is 0 Å². The SMILES string of the molecule is CN1CC[C@H](O)[C@H]1[C@H](O)CF. The average molecular weight is 163 g/mol. The van der Waals surface area contributed by atoms with E-state index in [1.165, 1.54) is 0 Å². The van der Waals surface area contributed by atoms with Crippen molar-refractivity contribution in [3.05, 3.63) is 0 Å². The number of hydrogen-bond acceptors (Lipinski definition) is 3. The standard InChI is InChI=1S/C7H14FNO2/c1-9-3-2-5(10)7(9)6(11)4-8/h5-7,10-11H,2-4H2,1H3/t5-,6+,7-/m0/s1. The monoisotopic (exact) mass is 163 g/mol. The summed E-state index contributed by atoms with van der Waals surface area (Å²) in [6.07, 6.45) is -0.999. The van der Waals surface area contributed by atoms with Crippen molar-refractivity contribution in [1.82, 2.24) is 4.90 Å². The normalized spacial score (nSPS) is 36.0. The van der Waals surface area contributed by atoms with Crippen LogP contribution < -0.4 is 0 Å². The summed E-state index contributed by atoms with van der Waals surface area (Å²) in [6.45, 7) is -0.0606. The van der Waals surface area contributed by atoms with E-state index in [1.807, 2.05) is 0 Å². The van der Waals surface area contributed by atoms with E-state index in [0.29, 0.717) is 6.42 Å². The van der Waals surface area contributed by atoms with Gasteiger partial charge in [-0.2, -0.15) is 0 Å². The molecule has 3 atom stereocenters. The fourth-order valence-electron chi connectivity index (χ4n) is 1.59. The van der Waals surface area contributed by atoms with Gasteiger partial charge in [0.2, 0.25) is 0 Å². The first kappa shape index (κ1) is 8.90. The van der Waals surface area contributed by atoms with Crippen molar-refractivity contribution < 1.29 is 14.6 Å². The van der Waals surface area contributed by atoms with Crippen molar-refractivity contribution >= 4 is 0 Å². The lowest BCUT2D eigenvalue weighted by Gasteiger charge is -2.25. The number of likely N-dealkylation sites (tertiary alicyclic amines) is 1. The molecule has 1 heterocycles. The number of rotatable bonds is 2. The van der Waals surface area contributed by atoms with Crippen LogP contribution in [0.1, 0.15) is 6.42 Å². The summed E-state index contributed by atoms with van der Waals surface area (Å²) >= 11 is 0. The van der Waals surface area contributed by atoms with Gasteiger partial charge in [-0.15, -0.1) is 0 Å². The molecule has 0 aliphatic carbocycles. The molecule has 3 nitrogen and oxygen atoms in total. The molecule has 0 aromatic rings. The highest BCUT2D eigenvalue weighted by atomic mass is 19.1. The molecule has 1 rings (SSSR count). The van der Waals surface area contributed by atoms with E-state index in [0.717, 1.165) is 6.54 Å². The Morgan fingerprint density at radius 1 is 1.73 bits per heavy atom. The average Bonchev–Trinajstić information content (AvgIpc) is 2.30. The van der Waals surface area contributed by atoms with Crippen LogP contribution in [0.15, 0.2) is 0 Å². The molecular weight excluding hydrogens is 149 g/mol. The third-order valence-corrected chi connectivity index (χ3v) is 2.23. The molecule has 66 valence electrons. The van der Waals surface area contributed by atoms with E-state index in [4.69, 9.17) is 5.11 Å². The van der Waals surface area contributed by atoms with Crippen LogP contribution in [-0.4, -0.2) is 53.6 Å². The number of nitrogens with zero attached hydrogens (tertiary/aromatic N) is 1. The van der Waals surface area contributed by atoms with Gasteiger partial charge in [-0.3, -0.25) is 4.90 Å². The van der Waals surface area contributed by atoms with E-state index < -0.39 is 24.9 Å². The molecule has 0 unspecified atom stereocenters. The molecule has 0 aromatic heterocycles. The van der Waals surface area contributed by atoms with E-state index in [-0.39, 0.29) is 0 Å². The predicted octanol–water partition coefficient (Wildman–Crippen LogP) is -0.618. The van der Waals surface area contributed by atoms with Gasteiger partial charge in [-0.25, -0.2) is 4.39 Å². The predicted molar refractivity (Wildman–Crippen MR) is 39.0 cm³/mol. The van der Waals surface area contributed by atoms with Crippen LogP contribution in [0.4, 0.5) is 4.39 Å². The molecule has 0 aromatic carbocycles. The van der Waals surface area contributed by atoms with E-state index in [1.54, 1.807) is 11.9 Å². The molecule has 0 spiro atoms. The molecule has 0 amide bonds.